The second-order valence-electron chi connectivity index (χ2n) is 5.28. The first-order chi connectivity index (χ1) is 8.59. The second kappa shape index (κ2) is 4.43. The summed E-state index contributed by atoms with van der Waals surface area (Å²) in [5.41, 5.74) is 1.39. The molecule has 2 nitrogen and oxygen atoms in total. The van der Waals surface area contributed by atoms with Gasteiger partial charge in [-0.3, -0.25) is 4.79 Å². The van der Waals surface area contributed by atoms with Gasteiger partial charge in [0, 0.05) is 11.5 Å². The van der Waals surface area contributed by atoms with E-state index in [1.54, 1.807) is 6.07 Å². The summed E-state index contributed by atoms with van der Waals surface area (Å²) in [6.07, 6.45) is 5.38. The van der Waals surface area contributed by atoms with Crippen molar-refractivity contribution < 1.29 is 9.90 Å². The Balaban J connectivity index is 2.01. The van der Waals surface area contributed by atoms with E-state index < -0.39 is 0 Å². The van der Waals surface area contributed by atoms with Crippen molar-refractivity contribution in [2.24, 2.45) is 11.8 Å². The molecule has 0 heterocycles. The number of ketones is 1. The van der Waals surface area contributed by atoms with Gasteiger partial charge in [0.15, 0.2) is 5.78 Å². The van der Waals surface area contributed by atoms with Gasteiger partial charge in [-0.2, -0.15) is 0 Å². The Morgan fingerprint density at radius 3 is 2.50 bits per heavy atom. The van der Waals surface area contributed by atoms with Crippen molar-refractivity contribution in [1.29, 1.82) is 0 Å². The summed E-state index contributed by atoms with van der Waals surface area (Å²) < 4.78 is 0. The van der Waals surface area contributed by atoms with Crippen LogP contribution in [0.1, 0.15) is 41.6 Å². The summed E-state index contributed by atoms with van der Waals surface area (Å²) >= 11 is 12.0. The topological polar surface area (TPSA) is 37.3 Å². The van der Waals surface area contributed by atoms with Gasteiger partial charge in [-0.05, 0) is 36.8 Å². The Morgan fingerprint density at radius 1 is 1.17 bits per heavy atom. The molecule has 1 atom stereocenters. The maximum Gasteiger partial charge on any atom is 0.168 e. The van der Waals surface area contributed by atoms with Crippen LogP contribution < -0.4 is 0 Å². The molecule has 1 aromatic rings. The van der Waals surface area contributed by atoms with Crippen molar-refractivity contribution in [2.75, 3.05) is 0 Å². The van der Waals surface area contributed by atoms with Gasteiger partial charge >= 0.3 is 0 Å². The number of benzene rings is 1. The third-order valence-electron chi connectivity index (χ3n) is 4.26. The average molecular weight is 285 g/mol. The maximum atomic E-state index is 12.4. The van der Waals surface area contributed by atoms with E-state index in [-0.39, 0.29) is 27.5 Å². The number of hydrogen-bond donors (Lipinski definition) is 1. The van der Waals surface area contributed by atoms with Crippen LogP contribution >= 0.6 is 23.2 Å². The van der Waals surface area contributed by atoms with Crippen molar-refractivity contribution in [1.82, 2.24) is 0 Å². The first-order valence-corrected chi connectivity index (χ1v) is 7.09. The molecular formula is C14H14Cl2O2. The van der Waals surface area contributed by atoms with Gasteiger partial charge in [0.1, 0.15) is 10.8 Å². The highest BCUT2D eigenvalue weighted by atomic mass is 35.5. The zero-order valence-electron chi connectivity index (χ0n) is 9.88. The zero-order chi connectivity index (χ0) is 12.9. The molecule has 0 radical (unpaired) electrons. The fourth-order valence-corrected chi connectivity index (χ4v) is 3.81. The standard InChI is InChI=1S/C14H14Cl2O2/c15-12-10(17)6-8-5-9(7-3-1-2-4-7)14(18)11(8)13(12)16/h6-7,9,17H,1-5H2. The molecule has 2 aliphatic rings. The van der Waals surface area contributed by atoms with E-state index in [4.69, 9.17) is 23.2 Å². The van der Waals surface area contributed by atoms with Crippen molar-refractivity contribution in [3.63, 3.8) is 0 Å². The van der Waals surface area contributed by atoms with E-state index in [1.807, 2.05) is 0 Å². The lowest BCUT2D eigenvalue weighted by Gasteiger charge is -2.15. The third kappa shape index (κ3) is 1.74. The van der Waals surface area contributed by atoms with E-state index >= 15 is 0 Å². The lowest BCUT2D eigenvalue weighted by Crippen LogP contribution is -2.18. The normalized spacial score (nSPS) is 23.7. The number of carbonyl (C=O) groups is 1. The molecule has 1 aromatic carbocycles. The van der Waals surface area contributed by atoms with E-state index in [2.05, 4.69) is 0 Å². The zero-order valence-corrected chi connectivity index (χ0v) is 11.4. The predicted octanol–water partition coefficient (Wildman–Crippen LogP) is 4.24. The third-order valence-corrected chi connectivity index (χ3v) is 5.12. The monoisotopic (exact) mass is 284 g/mol. The van der Waals surface area contributed by atoms with Crippen LogP contribution in [0.3, 0.4) is 0 Å². The van der Waals surface area contributed by atoms with Crippen molar-refractivity contribution in [3.8, 4) is 5.75 Å². The number of rotatable bonds is 1. The molecule has 0 spiro atoms. The van der Waals surface area contributed by atoms with Crippen LogP contribution in [0.2, 0.25) is 10.0 Å². The Morgan fingerprint density at radius 2 is 1.83 bits per heavy atom. The molecule has 1 saturated carbocycles. The van der Waals surface area contributed by atoms with Crippen LogP contribution in [-0.2, 0) is 6.42 Å². The fourth-order valence-electron chi connectivity index (χ4n) is 3.35. The minimum atomic E-state index is -0.0275. The van der Waals surface area contributed by atoms with Crippen LogP contribution in [0.5, 0.6) is 5.75 Å². The average Bonchev–Trinajstić information content (AvgIpc) is 2.94. The van der Waals surface area contributed by atoms with Crippen LogP contribution in [0, 0.1) is 11.8 Å². The molecule has 0 saturated heterocycles. The molecule has 1 unspecified atom stereocenters. The van der Waals surface area contributed by atoms with E-state index in [9.17, 15) is 9.90 Å². The molecule has 0 aromatic heterocycles. The fraction of sp³-hybridized carbons (Fsp3) is 0.500. The molecule has 96 valence electrons. The van der Waals surface area contributed by atoms with Crippen LogP contribution in [0.4, 0.5) is 0 Å². The summed E-state index contributed by atoms with van der Waals surface area (Å²) in [6.45, 7) is 0. The number of halogens is 2. The molecule has 2 aliphatic carbocycles. The number of carbonyl (C=O) groups excluding carboxylic acids is 1. The number of phenols is 1. The lowest BCUT2D eigenvalue weighted by molar-refractivity contribution is 0.0894. The second-order valence-corrected chi connectivity index (χ2v) is 6.03. The highest BCUT2D eigenvalue weighted by molar-refractivity contribution is 6.45. The Labute approximate surface area is 116 Å². The van der Waals surface area contributed by atoms with Crippen molar-refractivity contribution in [2.45, 2.75) is 32.1 Å². The number of Topliss-reactive ketones (excluding diaryl/α,β-unsaturated/α-hetero) is 1. The highest BCUT2D eigenvalue weighted by Crippen LogP contribution is 2.45. The summed E-state index contributed by atoms with van der Waals surface area (Å²) in [5, 5.41) is 9.99. The molecule has 0 aliphatic heterocycles. The molecule has 4 heteroatoms. The predicted molar refractivity (Wildman–Crippen MR) is 71.6 cm³/mol. The first-order valence-electron chi connectivity index (χ1n) is 6.33. The van der Waals surface area contributed by atoms with Crippen molar-refractivity contribution in [3.05, 3.63) is 27.2 Å². The van der Waals surface area contributed by atoms with Gasteiger partial charge in [-0.1, -0.05) is 36.0 Å². The minimum Gasteiger partial charge on any atom is -0.506 e. The summed E-state index contributed by atoms with van der Waals surface area (Å²) in [7, 11) is 0. The quantitative estimate of drug-likeness (QED) is 0.837. The van der Waals surface area contributed by atoms with Gasteiger partial charge in [0.25, 0.3) is 0 Å². The van der Waals surface area contributed by atoms with Crippen molar-refractivity contribution >= 4 is 29.0 Å². The number of hydrogen-bond acceptors (Lipinski definition) is 2. The Bertz CT molecular complexity index is 519. The maximum absolute atomic E-state index is 12.4. The van der Waals surface area contributed by atoms with Gasteiger partial charge < -0.3 is 5.11 Å². The van der Waals surface area contributed by atoms with Gasteiger partial charge in [-0.15, -0.1) is 0 Å². The SMILES string of the molecule is O=C1c2c(cc(O)c(Cl)c2Cl)CC1C1CCCC1. The molecular weight excluding hydrogens is 271 g/mol. The van der Waals surface area contributed by atoms with E-state index in [1.165, 1.54) is 12.8 Å². The van der Waals surface area contributed by atoms with E-state index in [0.717, 1.165) is 18.4 Å². The lowest BCUT2D eigenvalue weighted by atomic mass is 9.88. The summed E-state index contributed by atoms with van der Waals surface area (Å²) in [6, 6.07) is 1.59. The summed E-state index contributed by atoms with van der Waals surface area (Å²) in [4.78, 5) is 12.4. The minimum absolute atomic E-state index is 0.0275. The Kier molecular flexibility index (Phi) is 3.03. The first kappa shape index (κ1) is 12.3. The number of aromatic hydroxyl groups is 1. The Hall–Kier alpha value is -0.730. The van der Waals surface area contributed by atoms with E-state index in [0.29, 0.717) is 17.9 Å². The number of phenolic OH excluding ortho intramolecular Hbond substituents is 1. The summed E-state index contributed by atoms with van der Waals surface area (Å²) in [5.74, 6) is 0.601. The van der Waals surface area contributed by atoms with Crippen LogP contribution in [0.25, 0.3) is 0 Å². The van der Waals surface area contributed by atoms with Crippen LogP contribution in [-0.4, -0.2) is 10.9 Å². The molecule has 1 N–H and O–H groups in total. The smallest absolute Gasteiger partial charge is 0.168 e. The largest absolute Gasteiger partial charge is 0.506 e. The van der Waals surface area contributed by atoms with Gasteiger partial charge in [-0.25, -0.2) is 0 Å². The van der Waals surface area contributed by atoms with Crippen LogP contribution in [0.15, 0.2) is 6.07 Å². The molecule has 0 amide bonds. The van der Waals surface area contributed by atoms with Gasteiger partial charge in [0.05, 0.1) is 5.02 Å². The molecule has 1 fully saturated rings. The van der Waals surface area contributed by atoms with Gasteiger partial charge in [0.2, 0.25) is 0 Å². The highest BCUT2D eigenvalue weighted by Gasteiger charge is 2.39. The molecule has 18 heavy (non-hydrogen) atoms. The molecule has 3 rings (SSSR count). The number of fused-ring (bicyclic) bond motifs is 1. The molecule has 0 bridgehead atoms.